The van der Waals surface area contributed by atoms with Crippen LogP contribution in [0, 0.1) is 0 Å². The molecule has 0 N–H and O–H groups in total. The molecule has 0 rings (SSSR count). The van der Waals surface area contributed by atoms with Gasteiger partial charge in [0.1, 0.15) is 0 Å². The molecule has 0 saturated carbocycles. The van der Waals surface area contributed by atoms with Crippen LogP contribution in [0.4, 0.5) is 0 Å². The van der Waals surface area contributed by atoms with E-state index < -0.39 is 11.9 Å². The third-order valence-electron chi connectivity index (χ3n) is 1.75. The molecule has 0 saturated heterocycles. The van der Waals surface area contributed by atoms with Crippen molar-refractivity contribution in [1.82, 2.24) is 0 Å². The highest BCUT2D eigenvalue weighted by Gasteiger charge is 2.07. The molecule has 0 radical (unpaired) electrons. The largest absolute Gasteiger partial charge is 0.345 e. The maximum Gasteiger partial charge on any atom is 0.345 e. The first-order valence-electron chi connectivity index (χ1n) is 5.44. The van der Waals surface area contributed by atoms with Crippen molar-refractivity contribution in [2.75, 3.05) is 0 Å². The zero-order valence-electron chi connectivity index (χ0n) is 9.69. The van der Waals surface area contributed by atoms with Crippen molar-refractivity contribution >= 4 is 11.9 Å². The average molecular weight is 234 g/mol. The van der Waals surface area contributed by atoms with Crippen LogP contribution in [0.5, 0.6) is 0 Å². The number of hydrogen-bond donors (Lipinski definition) is 0. The lowest BCUT2D eigenvalue weighted by Crippen LogP contribution is -2.09. The third-order valence-corrected chi connectivity index (χ3v) is 1.75. The van der Waals surface area contributed by atoms with E-state index in [1.807, 2.05) is 13.8 Å². The molecule has 0 aliphatic heterocycles. The lowest BCUT2D eigenvalue weighted by atomic mass is 10.3. The lowest BCUT2D eigenvalue weighted by molar-refractivity contribution is -0.600. The van der Waals surface area contributed by atoms with Gasteiger partial charge in [-0.05, 0) is 12.8 Å². The summed E-state index contributed by atoms with van der Waals surface area (Å²) in [5, 5.41) is 7.90. The summed E-state index contributed by atoms with van der Waals surface area (Å²) in [5.74, 6) is -1.13. The van der Waals surface area contributed by atoms with Gasteiger partial charge in [0.2, 0.25) is 0 Å². The van der Waals surface area contributed by atoms with Crippen LogP contribution in [0.15, 0.2) is 0 Å². The Hall–Kier alpha value is -1.14. The molecule has 0 aromatic heterocycles. The maximum atomic E-state index is 10.9. The lowest BCUT2D eigenvalue weighted by Gasteiger charge is -2.01. The average Bonchev–Trinajstić information content (AvgIpc) is 2.29. The van der Waals surface area contributed by atoms with Crippen molar-refractivity contribution in [3.8, 4) is 0 Å². The molecule has 0 heterocycles. The van der Waals surface area contributed by atoms with Crippen molar-refractivity contribution in [3.63, 3.8) is 0 Å². The van der Waals surface area contributed by atoms with E-state index in [1.54, 1.807) is 0 Å². The van der Waals surface area contributed by atoms with E-state index >= 15 is 0 Å². The first-order chi connectivity index (χ1) is 7.70. The fraction of sp³-hybridized carbons (Fsp3) is 0.800. The fourth-order valence-corrected chi connectivity index (χ4v) is 0.829. The molecule has 0 atom stereocenters. The summed E-state index contributed by atoms with van der Waals surface area (Å²) < 4.78 is 0. The van der Waals surface area contributed by atoms with E-state index in [1.165, 1.54) is 0 Å². The Bertz CT molecular complexity index is 181. The Morgan fingerprint density at radius 1 is 0.812 bits per heavy atom. The van der Waals surface area contributed by atoms with Gasteiger partial charge in [-0.15, -0.1) is 0 Å². The second-order valence-corrected chi connectivity index (χ2v) is 3.25. The number of carbonyl (C=O) groups excluding carboxylic acids is 2. The minimum Gasteiger partial charge on any atom is -0.266 e. The Kier molecular flexibility index (Phi) is 9.64. The summed E-state index contributed by atoms with van der Waals surface area (Å²) in [6.45, 7) is 3.89. The van der Waals surface area contributed by atoms with E-state index in [0.29, 0.717) is 12.8 Å². The molecule has 94 valence electrons. The van der Waals surface area contributed by atoms with E-state index in [4.69, 9.17) is 0 Å². The van der Waals surface area contributed by atoms with Crippen molar-refractivity contribution in [1.29, 1.82) is 0 Å². The molecule has 0 fully saturated rings. The highest BCUT2D eigenvalue weighted by atomic mass is 17.7. The second kappa shape index (κ2) is 10.4. The van der Waals surface area contributed by atoms with Crippen LogP contribution in [-0.2, 0) is 29.4 Å². The Morgan fingerprint density at radius 2 is 1.19 bits per heavy atom. The molecule has 0 aromatic carbocycles. The van der Waals surface area contributed by atoms with Gasteiger partial charge in [-0.25, -0.2) is 9.59 Å². The zero-order valence-corrected chi connectivity index (χ0v) is 9.69. The molecular weight excluding hydrogens is 216 g/mol. The van der Waals surface area contributed by atoms with Crippen molar-refractivity contribution in [2.24, 2.45) is 0 Å². The minimum atomic E-state index is -0.563. The molecule has 0 aliphatic carbocycles. The van der Waals surface area contributed by atoms with Crippen LogP contribution in [0.3, 0.4) is 0 Å². The van der Waals surface area contributed by atoms with Gasteiger partial charge in [-0.3, -0.25) is 9.78 Å². The summed E-state index contributed by atoms with van der Waals surface area (Å²) in [7, 11) is 0. The van der Waals surface area contributed by atoms with Gasteiger partial charge in [0.25, 0.3) is 0 Å². The van der Waals surface area contributed by atoms with E-state index in [-0.39, 0.29) is 12.8 Å². The molecule has 0 aromatic rings. The summed E-state index contributed by atoms with van der Waals surface area (Å²) in [6, 6.07) is 0. The van der Waals surface area contributed by atoms with Gasteiger partial charge >= 0.3 is 11.9 Å². The summed E-state index contributed by atoms with van der Waals surface area (Å²) in [4.78, 5) is 30.0. The van der Waals surface area contributed by atoms with Crippen LogP contribution < -0.4 is 0 Å². The van der Waals surface area contributed by atoms with Crippen LogP contribution >= 0.6 is 0 Å². The minimum absolute atomic E-state index is 0.240. The van der Waals surface area contributed by atoms with Gasteiger partial charge in [0.15, 0.2) is 0 Å². The number of hydrogen-bond acceptors (Lipinski definition) is 6. The first-order valence-corrected chi connectivity index (χ1v) is 5.44. The maximum absolute atomic E-state index is 10.9. The molecule has 0 unspecified atom stereocenters. The van der Waals surface area contributed by atoms with Gasteiger partial charge < -0.3 is 0 Å². The van der Waals surface area contributed by atoms with Gasteiger partial charge in [-0.2, -0.15) is 0 Å². The molecule has 0 aliphatic rings. The topological polar surface area (TPSA) is 71.1 Å². The molecule has 6 nitrogen and oxygen atoms in total. The molecule has 0 spiro atoms. The number of carbonyl (C=O) groups is 2. The van der Waals surface area contributed by atoms with E-state index in [2.05, 4.69) is 19.9 Å². The number of unbranched alkanes of at least 4 members (excludes halogenated alkanes) is 2. The van der Waals surface area contributed by atoms with Crippen LogP contribution in [-0.4, -0.2) is 11.9 Å². The Labute approximate surface area is 94.6 Å². The van der Waals surface area contributed by atoms with Gasteiger partial charge in [0, 0.05) is 22.9 Å². The van der Waals surface area contributed by atoms with Crippen LogP contribution in [0.2, 0.25) is 0 Å². The predicted octanol–water partition coefficient (Wildman–Crippen LogP) is 2.23. The normalized spacial score (nSPS) is 9.88. The zero-order chi connectivity index (χ0) is 12.2. The molecule has 0 amide bonds. The molecule has 6 heteroatoms. The van der Waals surface area contributed by atoms with Gasteiger partial charge in [0.05, 0.1) is 0 Å². The Morgan fingerprint density at radius 3 is 1.50 bits per heavy atom. The summed E-state index contributed by atoms with van der Waals surface area (Å²) in [6.07, 6.45) is 3.65. The highest BCUT2D eigenvalue weighted by molar-refractivity contribution is 5.68. The quantitative estimate of drug-likeness (QED) is 0.346. The standard InChI is InChI=1S/C10H18O6/c1-3-5-7-9(11)13-15-16-14-10(12)8-6-4-2/h3-8H2,1-2H3. The SMILES string of the molecule is CCCCC(=O)OOOOC(=O)CCCC. The monoisotopic (exact) mass is 234 g/mol. The van der Waals surface area contributed by atoms with Gasteiger partial charge in [-0.1, -0.05) is 26.7 Å². The van der Waals surface area contributed by atoms with Crippen molar-refractivity contribution in [3.05, 3.63) is 0 Å². The molecule has 16 heavy (non-hydrogen) atoms. The fourth-order valence-electron chi connectivity index (χ4n) is 0.829. The second-order valence-electron chi connectivity index (χ2n) is 3.25. The molecule has 0 bridgehead atoms. The third kappa shape index (κ3) is 9.42. The smallest absolute Gasteiger partial charge is 0.266 e. The number of rotatable bonds is 9. The Balaban J connectivity index is 3.31. The highest BCUT2D eigenvalue weighted by Crippen LogP contribution is 1.99. The molecular formula is C10H18O6. The van der Waals surface area contributed by atoms with E-state index in [9.17, 15) is 9.59 Å². The first kappa shape index (κ1) is 14.9. The van der Waals surface area contributed by atoms with E-state index in [0.717, 1.165) is 12.8 Å². The summed E-state index contributed by atoms with van der Waals surface area (Å²) in [5.41, 5.74) is 0. The van der Waals surface area contributed by atoms with Crippen LogP contribution in [0.25, 0.3) is 0 Å². The van der Waals surface area contributed by atoms with Crippen molar-refractivity contribution in [2.45, 2.75) is 52.4 Å². The van der Waals surface area contributed by atoms with Crippen LogP contribution in [0.1, 0.15) is 52.4 Å². The predicted molar refractivity (Wildman–Crippen MR) is 53.4 cm³/mol. The van der Waals surface area contributed by atoms with Crippen molar-refractivity contribution < 1.29 is 29.4 Å². The summed E-state index contributed by atoms with van der Waals surface area (Å²) >= 11 is 0.